The molecular formula is C17H16F4N6O3. The van der Waals surface area contributed by atoms with Gasteiger partial charge in [-0.2, -0.15) is 27.6 Å². The minimum atomic E-state index is -4.22. The molecule has 1 fully saturated rings. The third kappa shape index (κ3) is 3.66. The maximum atomic E-state index is 14.4. The molecule has 0 aromatic carbocycles. The van der Waals surface area contributed by atoms with Crippen LogP contribution in [0.1, 0.15) is 36.0 Å². The second-order valence-electron chi connectivity index (χ2n) is 7.26. The fourth-order valence-electron chi connectivity index (χ4n) is 3.71. The van der Waals surface area contributed by atoms with E-state index < -0.39 is 29.9 Å². The van der Waals surface area contributed by atoms with Gasteiger partial charge in [0.15, 0.2) is 11.0 Å². The molecule has 1 aliphatic carbocycles. The Balaban J connectivity index is 1.59. The first-order chi connectivity index (χ1) is 14.1. The van der Waals surface area contributed by atoms with Crippen molar-refractivity contribution in [3.63, 3.8) is 0 Å². The van der Waals surface area contributed by atoms with Crippen LogP contribution in [0.4, 0.5) is 17.6 Å². The summed E-state index contributed by atoms with van der Waals surface area (Å²) >= 11 is 0. The number of aromatic hydroxyl groups is 1. The largest absolute Gasteiger partial charge is 0.492 e. The Kier molecular flexibility index (Phi) is 4.82. The van der Waals surface area contributed by atoms with Crippen molar-refractivity contribution >= 4 is 17.0 Å². The number of hydrogen-bond acceptors (Lipinski definition) is 6. The number of aromatic nitrogens is 6. The van der Waals surface area contributed by atoms with Gasteiger partial charge in [-0.05, 0) is 31.6 Å². The van der Waals surface area contributed by atoms with Crippen molar-refractivity contribution < 1.29 is 32.6 Å². The Morgan fingerprint density at radius 2 is 1.90 bits per heavy atom. The lowest BCUT2D eigenvalue weighted by Crippen LogP contribution is -2.29. The molecule has 0 amide bonds. The van der Waals surface area contributed by atoms with Gasteiger partial charge < -0.3 is 10.2 Å². The molecule has 0 spiro atoms. The molecule has 0 radical (unpaired) electrons. The van der Waals surface area contributed by atoms with Gasteiger partial charge in [-0.1, -0.05) is 0 Å². The Morgan fingerprint density at radius 3 is 2.50 bits per heavy atom. The molecule has 2 N–H and O–H groups in total. The summed E-state index contributed by atoms with van der Waals surface area (Å²) in [5.41, 5.74) is -0.530. The first kappa shape index (κ1) is 20.0. The van der Waals surface area contributed by atoms with Crippen LogP contribution in [0, 0.1) is 17.8 Å². The number of nitrogens with zero attached hydrogens (tertiary/aromatic N) is 6. The Hall–Kier alpha value is -3.25. The Morgan fingerprint density at radius 1 is 1.20 bits per heavy atom. The lowest BCUT2D eigenvalue weighted by atomic mass is 9.81. The van der Waals surface area contributed by atoms with E-state index in [1.54, 1.807) is 0 Å². The van der Waals surface area contributed by atoms with E-state index in [0.29, 0.717) is 12.8 Å². The van der Waals surface area contributed by atoms with Gasteiger partial charge in [-0.3, -0.25) is 4.68 Å². The van der Waals surface area contributed by atoms with Gasteiger partial charge in [0.2, 0.25) is 5.88 Å². The molecule has 9 nitrogen and oxygen atoms in total. The molecule has 0 aliphatic heterocycles. The Labute approximate surface area is 166 Å². The molecule has 3 aromatic rings. The highest BCUT2D eigenvalue weighted by Crippen LogP contribution is 2.40. The topological polar surface area (TPSA) is 119 Å². The van der Waals surface area contributed by atoms with E-state index in [-0.39, 0.29) is 47.8 Å². The lowest BCUT2D eigenvalue weighted by Gasteiger charge is -2.29. The summed E-state index contributed by atoms with van der Waals surface area (Å²) in [5, 5.41) is 26.8. The predicted molar refractivity (Wildman–Crippen MR) is 92.5 cm³/mol. The number of carboxylic acids is 1. The number of halogens is 4. The SMILES string of the molecule is O=C(O)c1cnn(-c2nc(O)c3c(n2)c(F)nn3C[C@H]2CC[C@H](C(F)(F)F)CC2)c1. The zero-order chi connectivity index (χ0) is 21.6. The second-order valence-corrected chi connectivity index (χ2v) is 7.26. The third-order valence-corrected chi connectivity index (χ3v) is 5.29. The molecule has 4 rings (SSSR count). The summed E-state index contributed by atoms with van der Waals surface area (Å²) in [6, 6.07) is 0. The molecule has 160 valence electrons. The van der Waals surface area contributed by atoms with Crippen LogP contribution in [0.25, 0.3) is 17.0 Å². The summed E-state index contributed by atoms with van der Waals surface area (Å²) in [6.07, 6.45) is -1.48. The van der Waals surface area contributed by atoms with Crippen molar-refractivity contribution in [1.29, 1.82) is 0 Å². The minimum absolute atomic E-state index is 0.00626. The van der Waals surface area contributed by atoms with Gasteiger partial charge in [0.05, 0.1) is 17.7 Å². The molecule has 0 saturated heterocycles. The smallest absolute Gasteiger partial charge is 0.391 e. The van der Waals surface area contributed by atoms with E-state index in [2.05, 4.69) is 20.2 Å². The average molecular weight is 428 g/mol. The van der Waals surface area contributed by atoms with Crippen molar-refractivity contribution in [2.45, 2.75) is 38.4 Å². The van der Waals surface area contributed by atoms with Gasteiger partial charge in [0.1, 0.15) is 0 Å². The van der Waals surface area contributed by atoms with E-state index >= 15 is 0 Å². The zero-order valence-electron chi connectivity index (χ0n) is 15.3. The molecule has 3 heterocycles. The van der Waals surface area contributed by atoms with Crippen molar-refractivity contribution in [3.8, 4) is 11.8 Å². The first-order valence-electron chi connectivity index (χ1n) is 9.11. The quantitative estimate of drug-likeness (QED) is 0.613. The van der Waals surface area contributed by atoms with Crippen LogP contribution >= 0.6 is 0 Å². The number of hydrogen-bond donors (Lipinski definition) is 2. The van der Waals surface area contributed by atoms with Gasteiger partial charge in [-0.15, -0.1) is 5.10 Å². The second kappa shape index (κ2) is 7.22. The average Bonchev–Trinajstić information content (AvgIpc) is 3.27. The lowest BCUT2D eigenvalue weighted by molar-refractivity contribution is -0.184. The van der Waals surface area contributed by atoms with Crippen molar-refractivity contribution in [3.05, 3.63) is 23.9 Å². The molecule has 30 heavy (non-hydrogen) atoms. The minimum Gasteiger partial charge on any atom is -0.492 e. The van der Waals surface area contributed by atoms with Crippen LogP contribution in [0.15, 0.2) is 12.4 Å². The van der Waals surface area contributed by atoms with Crippen molar-refractivity contribution in [1.82, 2.24) is 29.5 Å². The third-order valence-electron chi connectivity index (χ3n) is 5.29. The molecular weight excluding hydrogens is 412 g/mol. The van der Waals surface area contributed by atoms with Crippen LogP contribution < -0.4 is 0 Å². The van der Waals surface area contributed by atoms with E-state index in [1.807, 2.05) is 0 Å². The van der Waals surface area contributed by atoms with Crippen LogP contribution in [0.5, 0.6) is 5.88 Å². The fourth-order valence-corrected chi connectivity index (χ4v) is 3.71. The predicted octanol–water partition coefficient (Wildman–Crippen LogP) is 2.92. The maximum Gasteiger partial charge on any atom is 0.391 e. The van der Waals surface area contributed by atoms with Gasteiger partial charge in [0, 0.05) is 12.7 Å². The molecule has 0 unspecified atom stereocenters. The van der Waals surface area contributed by atoms with E-state index in [1.165, 1.54) is 0 Å². The van der Waals surface area contributed by atoms with Crippen LogP contribution in [-0.4, -0.2) is 51.9 Å². The summed E-state index contributed by atoms with van der Waals surface area (Å²) in [6.45, 7) is 0.117. The Bertz CT molecular complexity index is 1100. The molecule has 1 aliphatic rings. The van der Waals surface area contributed by atoms with Gasteiger partial charge in [-0.25, -0.2) is 14.5 Å². The molecule has 3 aromatic heterocycles. The summed E-state index contributed by atoms with van der Waals surface area (Å²) in [4.78, 5) is 18.8. The molecule has 1 saturated carbocycles. The molecule has 0 bridgehead atoms. The highest BCUT2D eigenvalue weighted by Gasteiger charge is 2.41. The molecule has 0 atom stereocenters. The summed E-state index contributed by atoms with van der Waals surface area (Å²) in [5.74, 6) is -4.55. The van der Waals surface area contributed by atoms with E-state index in [0.717, 1.165) is 21.8 Å². The summed E-state index contributed by atoms with van der Waals surface area (Å²) < 4.78 is 55.0. The number of aromatic carboxylic acids is 1. The number of carbonyl (C=O) groups is 1. The normalized spacial score (nSPS) is 20.0. The van der Waals surface area contributed by atoms with E-state index in [9.17, 15) is 27.5 Å². The number of alkyl halides is 3. The zero-order valence-corrected chi connectivity index (χ0v) is 15.3. The number of carboxylic acid groups (broad SMARTS) is 1. The van der Waals surface area contributed by atoms with Gasteiger partial charge >= 0.3 is 12.1 Å². The fraction of sp³-hybridized carbons (Fsp3) is 0.471. The highest BCUT2D eigenvalue weighted by molar-refractivity contribution is 5.87. The molecule has 13 heteroatoms. The number of rotatable bonds is 4. The maximum absolute atomic E-state index is 14.4. The van der Waals surface area contributed by atoms with Crippen LogP contribution in [-0.2, 0) is 6.54 Å². The van der Waals surface area contributed by atoms with E-state index in [4.69, 9.17) is 5.11 Å². The van der Waals surface area contributed by atoms with Crippen molar-refractivity contribution in [2.24, 2.45) is 11.8 Å². The van der Waals surface area contributed by atoms with Gasteiger partial charge in [0.25, 0.3) is 11.9 Å². The van der Waals surface area contributed by atoms with Crippen LogP contribution in [0.3, 0.4) is 0 Å². The monoisotopic (exact) mass is 428 g/mol. The summed E-state index contributed by atoms with van der Waals surface area (Å²) in [7, 11) is 0. The first-order valence-corrected chi connectivity index (χ1v) is 9.11. The number of fused-ring (bicyclic) bond motifs is 1. The van der Waals surface area contributed by atoms with Crippen LogP contribution in [0.2, 0.25) is 0 Å². The highest BCUT2D eigenvalue weighted by atomic mass is 19.4. The standard InChI is InChI=1S/C17H16F4N6O3/c18-13-11-12(14(28)24-16(23-11)27-7-9(5-22-27)15(29)30)26(25-13)6-8-1-3-10(4-2-8)17(19,20)21/h5,7-8,10H,1-4,6H2,(H,29,30)(H,23,24,28)/t8-,10-. The van der Waals surface area contributed by atoms with Crippen molar-refractivity contribution in [2.75, 3.05) is 0 Å².